The molecule has 0 aromatic heterocycles. The molecule has 0 saturated heterocycles. The van der Waals surface area contributed by atoms with Gasteiger partial charge in [-0.3, -0.25) is 0 Å². The third-order valence-electron chi connectivity index (χ3n) is 3.07. The number of methoxy groups -OCH3 is 1. The Labute approximate surface area is 121 Å². The zero-order chi connectivity index (χ0) is 13.8. The Morgan fingerprint density at radius 3 is 2.58 bits per heavy atom. The molecule has 0 amide bonds. The van der Waals surface area contributed by atoms with E-state index in [0.29, 0.717) is 5.56 Å². The second kappa shape index (κ2) is 6.02. The van der Waals surface area contributed by atoms with E-state index >= 15 is 0 Å². The summed E-state index contributed by atoms with van der Waals surface area (Å²) in [6, 6.07) is 13.6. The Hall–Kier alpha value is -1.61. The monoisotopic (exact) mass is 318 g/mol. The van der Waals surface area contributed by atoms with Gasteiger partial charge >= 0.3 is 5.97 Å². The highest BCUT2D eigenvalue weighted by Crippen LogP contribution is 2.30. The van der Waals surface area contributed by atoms with Crippen LogP contribution in [0.4, 0.5) is 0 Å². The fourth-order valence-electron chi connectivity index (χ4n) is 2.12. The summed E-state index contributed by atoms with van der Waals surface area (Å²) in [6.07, 6.45) is 0.907. The first-order valence-corrected chi connectivity index (χ1v) is 6.92. The van der Waals surface area contributed by atoms with Crippen molar-refractivity contribution in [1.29, 1.82) is 0 Å². The summed E-state index contributed by atoms with van der Waals surface area (Å²) < 4.78 is 5.89. The van der Waals surface area contributed by atoms with E-state index in [4.69, 9.17) is 4.74 Å². The molecule has 3 heteroatoms. The predicted molar refractivity (Wildman–Crippen MR) is 80.3 cm³/mol. The minimum absolute atomic E-state index is 0.305. The fraction of sp³-hybridized carbons (Fsp3) is 0.188. The lowest BCUT2D eigenvalue weighted by molar-refractivity contribution is 0.0601. The summed E-state index contributed by atoms with van der Waals surface area (Å²) in [4.78, 5) is 11.8. The number of ether oxygens (including phenoxy) is 1. The van der Waals surface area contributed by atoms with Crippen molar-refractivity contribution in [3.05, 3.63) is 58.1 Å². The van der Waals surface area contributed by atoms with Crippen LogP contribution in [-0.2, 0) is 11.2 Å². The lowest BCUT2D eigenvalue weighted by atomic mass is 9.94. The van der Waals surface area contributed by atoms with Gasteiger partial charge in [0.05, 0.1) is 12.7 Å². The molecule has 19 heavy (non-hydrogen) atoms. The van der Waals surface area contributed by atoms with E-state index in [2.05, 4.69) is 28.9 Å². The van der Waals surface area contributed by atoms with Crippen molar-refractivity contribution in [3.63, 3.8) is 0 Å². The van der Waals surface area contributed by atoms with E-state index in [1.165, 1.54) is 12.7 Å². The molecule has 0 saturated carbocycles. The summed E-state index contributed by atoms with van der Waals surface area (Å²) in [5.41, 5.74) is 3.79. The number of rotatable bonds is 3. The lowest BCUT2D eigenvalue weighted by Gasteiger charge is -2.12. The van der Waals surface area contributed by atoms with Gasteiger partial charge in [-0.1, -0.05) is 47.1 Å². The van der Waals surface area contributed by atoms with E-state index in [0.717, 1.165) is 22.0 Å². The fourth-order valence-corrected chi connectivity index (χ4v) is 2.53. The van der Waals surface area contributed by atoms with Crippen molar-refractivity contribution in [2.45, 2.75) is 13.3 Å². The van der Waals surface area contributed by atoms with Crippen LogP contribution in [0.2, 0.25) is 0 Å². The highest BCUT2D eigenvalue weighted by molar-refractivity contribution is 9.10. The maximum Gasteiger partial charge on any atom is 0.338 e. The van der Waals surface area contributed by atoms with Crippen molar-refractivity contribution < 1.29 is 9.53 Å². The summed E-state index contributed by atoms with van der Waals surface area (Å²) in [6.45, 7) is 2.10. The Kier molecular flexibility index (Phi) is 4.38. The molecule has 0 unspecified atom stereocenters. The van der Waals surface area contributed by atoms with Crippen LogP contribution < -0.4 is 0 Å². The van der Waals surface area contributed by atoms with Crippen LogP contribution in [0.1, 0.15) is 22.8 Å². The highest BCUT2D eigenvalue weighted by atomic mass is 79.9. The smallest absolute Gasteiger partial charge is 0.338 e. The molecule has 0 fully saturated rings. The maximum absolute atomic E-state index is 11.8. The molecule has 2 rings (SSSR count). The van der Waals surface area contributed by atoms with Gasteiger partial charge in [-0.05, 0) is 41.3 Å². The third-order valence-corrected chi connectivity index (χ3v) is 3.56. The van der Waals surface area contributed by atoms with E-state index < -0.39 is 0 Å². The van der Waals surface area contributed by atoms with Crippen LogP contribution in [0.5, 0.6) is 0 Å². The van der Waals surface area contributed by atoms with Crippen LogP contribution in [0.3, 0.4) is 0 Å². The zero-order valence-electron chi connectivity index (χ0n) is 10.9. The molecule has 2 nitrogen and oxygen atoms in total. The molecule has 98 valence electrons. The second-order valence-electron chi connectivity index (χ2n) is 4.19. The molecule has 0 aliphatic carbocycles. The number of carbonyl (C=O) groups excluding carboxylic acids is 1. The van der Waals surface area contributed by atoms with E-state index in [9.17, 15) is 4.79 Å². The van der Waals surface area contributed by atoms with Gasteiger partial charge in [-0.15, -0.1) is 0 Å². The van der Waals surface area contributed by atoms with Gasteiger partial charge in [0.15, 0.2) is 0 Å². The molecule has 0 heterocycles. The topological polar surface area (TPSA) is 26.3 Å². The molecule has 0 radical (unpaired) electrons. The van der Waals surface area contributed by atoms with Crippen molar-refractivity contribution in [1.82, 2.24) is 0 Å². The SMILES string of the molecule is CCc1cc(Br)ccc1-c1ccccc1C(=O)OC. The number of hydrogen-bond acceptors (Lipinski definition) is 2. The average Bonchev–Trinajstić information content (AvgIpc) is 2.46. The van der Waals surface area contributed by atoms with Crippen LogP contribution in [0.25, 0.3) is 11.1 Å². The van der Waals surface area contributed by atoms with Gasteiger partial charge < -0.3 is 4.74 Å². The summed E-state index contributed by atoms with van der Waals surface area (Å²) in [5.74, 6) is -0.305. The van der Waals surface area contributed by atoms with Gasteiger partial charge in [0, 0.05) is 4.47 Å². The second-order valence-corrected chi connectivity index (χ2v) is 5.11. The van der Waals surface area contributed by atoms with E-state index in [-0.39, 0.29) is 5.97 Å². The molecule has 2 aromatic carbocycles. The van der Waals surface area contributed by atoms with E-state index in [1.807, 2.05) is 30.3 Å². The first-order valence-electron chi connectivity index (χ1n) is 6.13. The predicted octanol–water partition coefficient (Wildman–Crippen LogP) is 4.47. The van der Waals surface area contributed by atoms with Crippen molar-refractivity contribution >= 4 is 21.9 Å². The van der Waals surface area contributed by atoms with Crippen molar-refractivity contribution in [3.8, 4) is 11.1 Å². The number of carbonyl (C=O) groups is 1. The zero-order valence-corrected chi connectivity index (χ0v) is 12.5. The largest absolute Gasteiger partial charge is 0.465 e. The Bertz CT molecular complexity index is 605. The first-order chi connectivity index (χ1) is 9.17. The number of halogens is 1. The molecule has 0 spiro atoms. The molecular weight excluding hydrogens is 304 g/mol. The minimum Gasteiger partial charge on any atom is -0.465 e. The molecule has 0 aliphatic rings. The lowest BCUT2D eigenvalue weighted by Crippen LogP contribution is -2.04. The summed E-state index contributed by atoms with van der Waals surface area (Å²) in [7, 11) is 1.40. The Morgan fingerprint density at radius 1 is 1.16 bits per heavy atom. The van der Waals surface area contributed by atoms with Gasteiger partial charge in [-0.25, -0.2) is 4.79 Å². The van der Waals surface area contributed by atoms with Crippen LogP contribution >= 0.6 is 15.9 Å². The Morgan fingerprint density at radius 2 is 1.89 bits per heavy atom. The van der Waals surface area contributed by atoms with Gasteiger partial charge in [0.25, 0.3) is 0 Å². The maximum atomic E-state index is 11.8. The Balaban J connectivity index is 2.62. The summed E-state index contributed by atoms with van der Waals surface area (Å²) >= 11 is 3.48. The minimum atomic E-state index is -0.305. The molecular formula is C16H15BrO2. The molecule has 0 bridgehead atoms. The van der Waals surface area contributed by atoms with Crippen LogP contribution in [-0.4, -0.2) is 13.1 Å². The normalized spacial score (nSPS) is 10.3. The van der Waals surface area contributed by atoms with Crippen LogP contribution in [0.15, 0.2) is 46.9 Å². The van der Waals surface area contributed by atoms with Crippen molar-refractivity contribution in [2.24, 2.45) is 0 Å². The van der Waals surface area contributed by atoms with Gasteiger partial charge in [-0.2, -0.15) is 0 Å². The quantitative estimate of drug-likeness (QED) is 0.781. The molecule has 0 N–H and O–H groups in total. The van der Waals surface area contributed by atoms with Crippen molar-refractivity contribution in [2.75, 3.05) is 7.11 Å². The molecule has 0 aliphatic heterocycles. The van der Waals surface area contributed by atoms with Crippen LogP contribution in [0, 0.1) is 0 Å². The first kappa shape index (κ1) is 13.8. The summed E-state index contributed by atoms with van der Waals surface area (Å²) in [5, 5.41) is 0. The standard InChI is InChI=1S/C16H15BrO2/c1-3-11-10-12(17)8-9-13(11)14-6-4-5-7-15(14)16(18)19-2/h4-10H,3H2,1-2H3. The molecule has 0 atom stereocenters. The number of esters is 1. The van der Waals surface area contributed by atoms with Gasteiger partial charge in [0.1, 0.15) is 0 Å². The number of aryl methyl sites for hydroxylation is 1. The van der Waals surface area contributed by atoms with E-state index in [1.54, 1.807) is 6.07 Å². The number of benzene rings is 2. The highest BCUT2D eigenvalue weighted by Gasteiger charge is 2.14. The molecule has 2 aromatic rings. The van der Waals surface area contributed by atoms with Gasteiger partial charge in [0.2, 0.25) is 0 Å². The average molecular weight is 319 g/mol. The number of hydrogen-bond donors (Lipinski definition) is 0. The third kappa shape index (κ3) is 2.87.